The molecule has 0 spiro atoms. The molecular weight excluding hydrogens is 350 g/mol. The number of carbonyl (C=O) groups is 1. The van der Waals surface area contributed by atoms with Gasteiger partial charge >= 0.3 is 6.09 Å². The zero-order valence-electron chi connectivity index (χ0n) is 14.0. The first-order chi connectivity index (χ1) is 11.9. The Morgan fingerprint density at radius 3 is 2.68 bits per heavy atom. The SMILES string of the molecule is CS(=O)(=O)O[C@@H]1C[C@@H](COCCO)N(C(=O)OCc2ccccc2)C1. The van der Waals surface area contributed by atoms with E-state index < -0.39 is 22.3 Å². The molecule has 0 aromatic heterocycles. The van der Waals surface area contributed by atoms with Gasteiger partial charge in [0.2, 0.25) is 0 Å². The Kier molecular flexibility index (Phi) is 7.18. The number of hydrogen-bond acceptors (Lipinski definition) is 7. The number of nitrogens with zero attached hydrogens (tertiary/aromatic N) is 1. The average molecular weight is 373 g/mol. The van der Waals surface area contributed by atoms with E-state index in [1.807, 2.05) is 30.3 Å². The summed E-state index contributed by atoms with van der Waals surface area (Å²) in [5.41, 5.74) is 0.854. The fourth-order valence-electron chi connectivity index (χ4n) is 2.66. The molecule has 8 nitrogen and oxygen atoms in total. The summed E-state index contributed by atoms with van der Waals surface area (Å²) in [4.78, 5) is 13.8. The Hall–Kier alpha value is -1.68. The molecule has 0 radical (unpaired) electrons. The van der Waals surface area contributed by atoms with Gasteiger partial charge in [-0.05, 0) is 12.0 Å². The minimum absolute atomic E-state index is 0.105. The lowest BCUT2D eigenvalue weighted by molar-refractivity contribution is 0.0420. The van der Waals surface area contributed by atoms with E-state index in [-0.39, 0.29) is 39.0 Å². The Morgan fingerprint density at radius 1 is 1.32 bits per heavy atom. The van der Waals surface area contributed by atoms with Gasteiger partial charge in [-0.2, -0.15) is 8.42 Å². The van der Waals surface area contributed by atoms with E-state index in [1.165, 1.54) is 4.90 Å². The second-order valence-electron chi connectivity index (χ2n) is 5.80. The van der Waals surface area contributed by atoms with Crippen LogP contribution in [-0.2, 0) is 30.4 Å². The third-order valence-electron chi connectivity index (χ3n) is 3.67. The summed E-state index contributed by atoms with van der Waals surface area (Å²) in [6.07, 6.45) is 0.0996. The molecule has 1 saturated heterocycles. The lowest BCUT2D eigenvalue weighted by Gasteiger charge is -2.23. The predicted molar refractivity (Wildman–Crippen MR) is 89.4 cm³/mol. The number of likely N-dealkylation sites (tertiary alicyclic amines) is 1. The fourth-order valence-corrected chi connectivity index (χ4v) is 3.29. The van der Waals surface area contributed by atoms with Crippen LogP contribution in [0.1, 0.15) is 12.0 Å². The van der Waals surface area contributed by atoms with Crippen LogP contribution in [0.3, 0.4) is 0 Å². The van der Waals surface area contributed by atoms with Crippen molar-refractivity contribution in [2.75, 3.05) is 32.6 Å². The molecule has 1 aromatic carbocycles. The summed E-state index contributed by atoms with van der Waals surface area (Å²) in [5.74, 6) is 0. The molecule has 1 aromatic rings. The third-order valence-corrected chi connectivity index (χ3v) is 4.29. The summed E-state index contributed by atoms with van der Waals surface area (Å²) in [5, 5.41) is 8.80. The molecule has 1 aliphatic heterocycles. The van der Waals surface area contributed by atoms with Crippen LogP contribution in [0.25, 0.3) is 0 Å². The van der Waals surface area contributed by atoms with Gasteiger partial charge in [0.05, 0.1) is 44.8 Å². The van der Waals surface area contributed by atoms with Crippen molar-refractivity contribution in [3.05, 3.63) is 35.9 Å². The minimum atomic E-state index is -3.62. The average Bonchev–Trinajstić information content (AvgIpc) is 2.94. The maximum Gasteiger partial charge on any atom is 0.410 e. The summed E-state index contributed by atoms with van der Waals surface area (Å²) < 4.78 is 38.2. The maximum absolute atomic E-state index is 12.4. The van der Waals surface area contributed by atoms with Crippen molar-refractivity contribution in [2.45, 2.75) is 25.2 Å². The van der Waals surface area contributed by atoms with Gasteiger partial charge in [-0.15, -0.1) is 0 Å². The molecule has 1 amide bonds. The van der Waals surface area contributed by atoms with Gasteiger partial charge < -0.3 is 19.5 Å². The smallest absolute Gasteiger partial charge is 0.410 e. The molecule has 0 aliphatic carbocycles. The fraction of sp³-hybridized carbons (Fsp3) is 0.562. The Bertz CT molecular complexity index is 650. The highest BCUT2D eigenvalue weighted by molar-refractivity contribution is 7.86. The van der Waals surface area contributed by atoms with Crippen LogP contribution < -0.4 is 0 Å². The topological polar surface area (TPSA) is 102 Å². The van der Waals surface area contributed by atoms with Gasteiger partial charge in [0.15, 0.2) is 0 Å². The molecule has 0 saturated carbocycles. The summed E-state index contributed by atoms with van der Waals surface area (Å²) in [7, 11) is -3.62. The molecule has 2 rings (SSSR count). The molecule has 25 heavy (non-hydrogen) atoms. The number of aliphatic hydroxyl groups is 1. The van der Waals surface area contributed by atoms with E-state index in [0.29, 0.717) is 6.42 Å². The highest BCUT2D eigenvalue weighted by Gasteiger charge is 2.38. The lowest BCUT2D eigenvalue weighted by atomic mass is 10.2. The van der Waals surface area contributed by atoms with Crippen molar-refractivity contribution in [1.29, 1.82) is 0 Å². The molecule has 1 fully saturated rings. The molecule has 1 aliphatic rings. The number of amides is 1. The van der Waals surface area contributed by atoms with Crippen molar-refractivity contribution in [1.82, 2.24) is 4.90 Å². The van der Waals surface area contributed by atoms with Gasteiger partial charge in [0.1, 0.15) is 6.61 Å². The summed E-state index contributed by atoms with van der Waals surface area (Å²) in [6, 6.07) is 8.87. The number of rotatable bonds is 8. The molecular formula is C16H23NO7S. The second-order valence-corrected chi connectivity index (χ2v) is 7.40. The lowest BCUT2D eigenvalue weighted by Crippen LogP contribution is -2.39. The molecule has 9 heteroatoms. The molecule has 1 heterocycles. The van der Waals surface area contributed by atoms with Gasteiger partial charge in [-0.1, -0.05) is 30.3 Å². The first-order valence-corrected chi connectivity index (χ1v) is 9.75. The van der Waals surface area contributed by atoms with Crippen LogP contribution in [0.4, 0.5) is 4.79 Å². The van der Waals surface area contributed by atoms with Gasteiger partial charge in [0.25, 0.3) is 10.1 Å². The van der Waals surface area contributed by atoms with Gasteiger partial charge in [0, 0.05) is 0 Å². The first-order valence-electron chi connectivity index (χ1n) is 7.93. The van der Waals surface area contributed by atoms with E-state index in [2.05, 4.69) is 0 Å². The Balaban J connectivity index is 1.96. The van der Waals surface area contributed by atoms with Crippen LogP contribution in [0.15, 0.2) is 30.3 Å². The molecule has 1 N–H and O–H groups in total. The van der Waals surface area contributed by atoms with Crippen molar-refractivity contribution >= 4 is 16.2 Å². The molecule has 140 valence electrons. The second kappa shape index (κ2) is 9.14. The predicted octanol–water partition coefficient (Wildman–Crippen LogP) is 0.751. The van der Waals surface area contributed by atoms with Crippen molar-refractivity contribution in [3.63, 3.8) is 0 Å². The number of ether oxygens (including phenoxy) is 2. The monoisotopic (exact) mass is 373 g/mol. The zero-order chi connectivity index (χ0) is 18.3. The van der Waals surface area contributed by atoms with E-state index in [1.54, 1.807) is 0 Å². The maximum atomic E-state index is 12.4. The highest BCUT2D eigenvalue weighted by Crippen LogP contribution is 2.23. The van der Waals surface area contributed by atoms with Crippen molar-refractivity contribution in [2.24, 2.45) is 0 Å². The van der Waals surface area contributed by atoms with Crippen LogP contribution in [0, 0.1) is 0 Å². The highest BCUT2D eigenvalue weighted by atomic mass is 32.2. The Labute approximate surface area is 147 Å². The molecule has 2 atom stereocenters. The van der Waals surface area contributed by atoms with Crippen molar-refractivity contribution in [3.8, 4) is 0 Å². The minimum Gasteiger partial charge on any atom is -0.445 e. The standard InChI is InChI=1S/C16H23NO7S/c1-25(20,21)24-15-9-14(12-22-8-7-18)17(10-15)16(19)23-11-13-5-3-2-4-6-13/h2-6,14-15,18H,7-12H2,1H3/t14-,15+/m0/s1. The Morgan fingerprint density at radius 2 is 2.04 bits per heavy atom. The number of benzene rings is 1. The van der Waals surface area contributed by atoms with Gasteiger partial charge in [-0.25, -0.2) is 4.79 Å². The largest absolute Gasteiger partial charge is 0.445 e. The van der Waals surface area contributed by atoms with E-state index in [9.17, 15) is 13.2 Å². The molecule has 0 bridgehead atoms. The van der Waals surface area contributed by atoms with E-state index in [0.717, 1.165) is 11.8 Å². The van der Waals surface area contributed by atoms with Crippen LogP contribution in [0.5, 0.6) is 0 Å². The normalized spacial score (nSPS) is 20.6. The quantitative estimate of drug-likeness (QED) is 0.530. The first kappa shape index (κ1) is 19.6. The third kappa shape index (κ3) is 6.62. The summed E-state index contributed by atoms with van der Waals surface area (Å²) in [6.45, 7) is 0.409. The van der Waals surface area contributed by atoms with Crippen LogP contribution >= 0.6 is 0 Å². The van der Waals surface area contributed by atoms with E-state index >= 15 is 0 Å². The van der Waals surface area contributed by atoms with Gasteiger partial charge in [-0.3, -0.25) is 4.18 Å². The zero-order valence-corrected chi connectivity index (χ0v) is 14.9. The van der Waals surface area contributed by atoms with Crippen LogP contribution in [0.2, 0.25) is 0 Å². The summed E-state index contributed by atoms with van der Waals surface area (Å²) >= 11 is 0. The number of aliphatic hydroxyl groups excluding tert-OH is 1. The number of hydrogen-bond donors (Lipinski definition) is 1. The number of carbonyl (C=O) groups excluding carboxylic acids is 1. The van der Waals surface area contributed by atoms with E-state index in [4.69, 9.17) is 18.8 Å². The van der Waals surface area contributed by atoms with Crippen molar-refractivity contribution < 1.29 is 32.0 Å². The van der Waals surface area contributed by atoms with Crippen LogP contribution in [-0.4, -0.2) is 69.3 Å². The molecule has 0 unspecified atom stereocenters.